The first kappa shape index (κ1) is 12.4. The lowest BCUT2D eigenvalue weighted by molar-refractivity contribution is 0.211. The van der Waals surface area contributed by atoms with Crippen LogP contribution in [0.3, 0.4) is 0 Å². The second-order valence-electron chi connectivity index (χ2n) is 5.37. The first-order chi connectivity index (χ1) is 9.22. The first-order valence-electron chi connectivity index (χ1n) is 6.99. The van der Waals surface area contributed by atoms with E-state index >= 15 is 0 Å². The summed E-state index contributed by atoms with van der Waals surface area (Å²) in [6.45, 7) is 2.01. The average molecular weight is 253 g/mol. The zero-order valence-electron chi connectivity index (χ0n) is 11.3. The minimum atomic E-state index is -0.288. The van der Waals surface area contributed by atoms with Gasteiger partial charge in [0, 0.05) is 11.1 Å². The lowest BCUT2D eigenvalue weighted by Crippen LogP contribution is -2.00. The summed E-state index contributed by atoms with van der Waals surface area (Å²) in [4.78, 5) is 4.53. The molecule has 1 aliphatic rings. The molecular formula is C17H19NO. The molecule has 0 saturated heterocycles. The van der Waals surface area contributed by atoms with Crippen LogP contribution in [0.2, 0.25) is 0 Å². The highest BCUT2D eigenvalue weighted by Crippen LogP contribution is 2.28. The lowest BCUT2D eigenvalue weighted by atomic mass is 9.99. The molecule has 1 aromatic carbocycles. The monoisotopic (exact) mass is 253 g/mol. The molecule has 0 fully saturated rings. The van der Waals surface area contributed by atoms with Gasteiger partial charge in [0.25, 0.3) is 0 Å². The number of pyridine rings is 1. The maximum absolute atomic E-state index is 9.88. The van der Waals surface area contributed by atoms with E-state index in [-0.39, 0.29) is 6.10 Å². The van der Waals surface area contributed by atoms with Crippen LogP contribution in [0, 0.1) is 6.92 Å². The molecule has 1 aromatic heterocycles. The highest BCUT2D eigenvalue weighted by molar-refractivity contribution is 5.83. The summed E-state index contributed by atoms with van der Waals surface area (Å²) in [7, 11) is 0. The molecule has 0 spiro atoms. The zero-order valence-corrected chi connectivity index (χ0v) is 11.3. The van der Waals surface area contributed by atoms with Gasteiger partial charge in [-0.1, -0.05) is 24.6 Å². The quantitative estimate of drug-likeness (QED) is 0.837. The molecule has 1 heterocycles. The Bertz CT molecular complexity index is 630. The normalized spacial score (nSPS) is 20.1. The summed E-state index contributed by atoms with van der Waals surface area (Å²) in [6.07, 6.45) is 5.95. The standard InChI is InChI=1S/C17H19NO/c1-12-6-7-15-10-14(8-9-17(15)18-12)13-4-2-3-5-16(19)11-13/h6-11,16,19H,2-5H2,1H3. The van der Waals surface area contributed by atoms with Crippen LogP contribution in [-0.2, 0) is 0 Å². The van der Waals surface area contributed by atoms with Crippen LogP contribution >= 0.6 is 0 Å². The number of fused-ring (bicyclic) bond motifs is 1. The molecule has 1 N–H and O–H groups in total. The highest BCUT2D eigenvalue weighted by Gasteiger charge is 2.11. The Morgan fingerprint density at radius 2 is 2.05 bits per heavy atom. The van der Waals surface area contributed by atoms with Crippen LogP contribution in [-0.4, -0.2) is 16.2 Å². The molecule has 1 unspecified atom stereocenters. The van der Waals surface area contributed by atoms with Crippen LogP contribution in [0.15, 0.2) is 36.4 Å². The number of aliphatic hydroxyl groups excluding tert-OH is 1. The molecule has 0 aliphatic heterocycles. The van der Waals surface area contributed by atoms with E-state index in [0.717, 1.165) is 36.9 Å². The summed E-state index contributed by atoms with van der Waals surface area (Å²) in [5, 5.41) is 11.1. The highest BCUT2D eigenvalue weighted by atomic mass is 16.3. The Hall–Kier alpha value is -1.67. The van der Waals surface area contributed by atoms with Gasteiger partial charge in [0.15, 0.2) is 0 Å². The second kappa shape index (κ2) is 5.14. The lowest BCUT2D eigenvalue weighted by Gasteiger charge is -2.08. The van der Waals surface area contributed by atoms with Crippen molar-refractivity contribution in [3.8, 4) is 0 Å². The van der Waals surface area contributed by atoms with E-state index in [0.29, 0.717) is 0 Å². The van der Waals surface area contributed by atoms with E-state index in [1.165, 1.54) is 16.5 Å². The van der Waals surface area contributed by atoms with Gasteiger partial charge in [0.1, 0.15) is 0 Å². The minimum Gasteiger partial charge on any atom is -0.389 e. The van der Waals surface area contributed by atoms with Crippen molar-refractivity contribution in [2.24, 2.45) is 0 Å². The summed E-state index contributed by atoms with van der Waals surface area (Å²) in [5.74, 6) is 0. The van der Waals surface area contributed by atoms with E-state index in [4.69, 9.17) is 0 Å². The molecule has 19 heavy (non-hydrogen) atoms. The molecule has 0 bridgehead atoms. The number of benzene rings is 1. The third-order valence-corrected chi connectivity index (χ3v) is 3.79. The van der Waals surface area contributed by atoms with Crippen molar-refractivity contribution in [2.75, 3.05) is 0 Å². The number of aromatic nitrogens is 1. The Morgan fingerprint density at radius 1 is 1.16 bits per heavy atom. The largest absolute Gasteiger partial charge is 0.389 e. The van der Waals surface area contributed by atoms with E-state index in [2.05, 4.69) is 29.2 Å². The smallest absolute Gasteiger partial charge is 0.0726 e. The SMILES string of the molecule is Cc1ccc2cc(C3=CC(O)CCCC3)ccc2n1. The third-order valence-electron chi connectivity index (χ3n) is 3.79. The third kappa shape index (κ3) is 2.69. The van der Waals surface area contributed by atoms with Crippen molar-refractivity contribution in [3.63, 3.8) is 0 Å². The molecule has 1 atom stereocenters. The average Bonchev–Trinajstić information content (AvgIpc) is 2.63. The van der Waals surface area contributed by atoms with Crippen LogP contribution in [0.25, 0.3) is 16.5 Å². The fourth-order valence-electron chi connectivity index (χ4n) is 2.74. The van der Waals surface area contributed by atoms with Crippen molar-refractivity contribution in [3.05, 3.63) is 47.7 Å². The molecule has 0 saturated carbocycles. The number of rotatable bonds is 1. The Labute approximate surface area is 113 Å². The van der Waals surface area contributed by atoms with Crippen molar-refractivity contribution in [2.45, 2.75) is 38.7 Å². The fourth-order valence-corrected chi connectivity index (χ4v) is 2.74. The summed E-state index contributed by atoms with van der Waals surface area (Å²) >= 11 is 0. The van der Waals surface area contributed by atoms with Crippen molar-refractivity contribution >= 4 is 16.5 Å². The maximum Gasteiger partial charge on any atom is 0.0726 e. The van der Waals surface area contributed by atoms with Crippen molar-refractivity contribution < 1.29 is 5.11 Å². The molecule has 0 radical (unpaired) electrons. The maximum atomic E-state index is 9.88. The molecular weight excluding hydrogens is 234 g/mol. The first-order valence-corrected chi connectivity index (χ1v) is 6.99. The Kier molecular flexibility index (Phi) is 3.34. The molecule has 98 valence electrons. The topological polar surface area (TPSA) is 33.1 Å². The van der Waals surface area contributed by atoms with Crippen molar-refractivity contribution in [1.82, 2.24) is 4.98 Å². The van der Waals surface area contributed by atoms with E-state index < -0.39 is 0 Å². The molecule has 2 heteroatoms. The van der Waals surface area contributed by atoms with Crippen molar-refractivity contribution in [1.29, 1.82) is 0 Å². The minimum absolute atomic E-state index is 0.288. The predicted molar refractivity (Wildman–Crippen MR) is 78.9 cm³/mol. The summed E-state index contributed by atoms with van der Waals surface area (Å²) in [5.41, 5.74) is 4.58. The summed E-state index contributed by atoms with van der Waals surface area (Å²) in [6, 6.07) is 10.6. The molecule has 1 aliphatic carbocycles. The van der Waals surface area contributed by atoms with Crippen LogP contribution in [0.4, 0.5) is 0 Å². The number of aliphatic hydroxyl groups is 1. The Morgan fingerprint density at radius 3 is 2.95 bits per heavy atom. The van der Waals surface area contributed by atoms with Crippen LogP contribution < -0.4 is 0 Å². The fraction of sp³-hybridized carbons (Fsp3) is 0.353. The molecule has 3 rings (SSSR count). The van der Waals surface area contributed by atoms with Gasteiger partial charge >= 0.3 is 0 Å². The number of hydrogen-bond donors (Lipinski definition) is 1. The van der Waals surface area contributed by atoms with Gasteiger partial charge in [-0.25, -0.2) is 0 Å². The predicted octanol–water partition coefficient (Wildman–Crippen LogP) is 3.86. The van der Waals surface area contributed by atoms with Gasteiger partial charge in [-0.3, -0.25) is 4.98 Å². The number of aryl methyl sites for hydroxylation is 1. The zero-order chi connectivity index (χ0) is 13.2. The van der Waals surface area contributed by atoms with Gasteiger partial charge < -0.3 is 5.11 Å². The molecule has 0 amide bonds. The van der Waals surface area contributed by atoms with Gasteiger partial charge in [0.2, 0.25) is 0 Å². The number of nitrogens with zero attached hydrogens (tertiary/aromatic N) is 1. The Balaban J connectivity index is 2.03. The van der Waals surface area contributed by atoms with E-state index in [1.807, 2.05) is 19.1 Å². The van der Waals surface area contributed by atoms with E-state index in [9.17, 15) is 5.11 Å². The van der Waals surface area contributed by atoms with Crippen LogP contribution in [0.1, 0.15) is 36.9 Å². The number of allylic oxidation sites excluding steroid dienone is 1. The van der Waals surface area contributed by atoms with Gasteiger partial charge in [-0.15, -0.1) is 0 Å². The van der Waals surface area contributed by atoms with Gasteiger partial charge in [-0.05, 0) is 55.5 Å². The molecule has 2 aromatic rings. The van der Waals surface area contributed by atoms with Gasteiger partial charge in [-0.2, -0.15) is 0 Å². The molecule has 2 nitrogen and oxygen atoms in total. The van der Waals surface area contributed by atoms with Crippen LogP contribution in [0.5, 0.6) is 0 Å². The van der Waals surface area contributed by atoms with Gasteiger partial charge in [0.05, 0.1) is 11.6 Å². The van der Waals surface area contributed by atoms with E-state index in [1.54, 1.807) is 0 Å². The summed E-state index contributed by atoms with van der Waals surface area (Å²) < 4.78 is 0. The number of hydrogen-bond acceptors (Lipinski definition) is 2. The second-order valence-corrected chi connectivity index (χ2v) is 5.37.